The number of aromatic nitrogens is 1. The molecule has 0 aromatic carbocycles. The Kier molecular flexibility index (Phi) is 1.96. The zero-order chi connectivity index (χ0) is 7.56. The number of alkyl halides is 2. The van der Waals surface area contributed by atoms with E-state index in [0.29, 0.717) is 0 Å². The normalized spacial score (nSPS) is 10.8. The summed E-state index contributed by atoms with van der Waals surface area (Å²) in [5.74, 6) is 0.0512. The van der Waals surface area contributed by atoms with Crippen molar-refractivity contribution in [2.75, 3.05) is 0 Å². The monoisotopic (exact) mass is 149 g/mol. The summed E-state index contributed by atoms with van der Waals surface area (Å²) < 4.78 is 27.7. The average molecular weight is 149 g/mol. The molecule has 1 aromatic rings. The molecule has 1 N–H and O–H groups in total. The standard InChI is InChI=1S/C5H5F2NO2/c6-5(7)4-1-3(2-9)10-8-4/h1,5,9H,2H2. The molecule has 10 heavy (non-hydrogen) atoms. The lowest BCUT2D eigenvalue weighted by Gasteiger charge is -1.84. The van der Waals surface area contributed by atoms with Crippen LogP contribution < -0.4 is 0 Å². The van der Waals surface area contributed by atoms with E-state index in [1.807, 2.05) is 0 Å². The minimum Gasteiger partial charge on any atom is -0.388 e. The first kappa shape index (κ1) is 7.14. The second-order valence-electron chi connectivity index (χ2n) is 1.68. The van der Waals surface area contributed by atoms with Gasteiger partial charge in [-0.25, -0.2) is 8.78 Å². The van der Waals surface area contributed by atoms with E-state index in [4.69, 9.17) is 5.11 Å². The first-order valence-corrected chi connectivity index (χ1v) is 2.58. The summed E-state index contributed by atoms with van der Waals surface area (Å²) in [6.45, 7) is -0.403. The van der Waals surface area contributed by atoms with Gasteiger partial charge in [0.05, 0.1) is 0 Å². The van der Waals surface area contributed by atoms with Gasteiger partial charge in [0.15, 0.2) is 5.76 Å². The Morgan fingerprint density at radius 1 is 1.70 bits per heavy atom. The second kappa shape index (κ2) is 2.74. The van der Waals surface area contributed by atoms with Crippen LogP contribution in [0, 0.1) is 0 Å². The van der Waals surface area contributed by atoms with Crippen LogP contribution in [-0.2, 0) is 6.61 Å². The number of aliphatic hydroxyl groups excluding tert-OH is 1. The van der Waals surface area contributed by atoms with E-state index in [1.165, 1.54) is 0 Å². The van der Waals surface area contributed by atoms with Gasteiger partial charge in [-0.15, -0.1) is 0 Å². The summed E-state index contributed by atoms with van der Waals surface area (Å²) in [7, 11) is 0. The predicted molar refractivity (Wildman–Crippen MR) is 27.4 cm³/mol. The van der Waals surface area contributed by atoms with Crippen LogP contribution in [0.25, 0.3) is 0 Å². The minimum absolute atomic E-state index is 0.0512. The maximum absolute atomic E-state index is 11.7. The fourth-order valence-electron chi connectivity index (χ4n) is 0.506. The number of rotatable bonds is 2. The highest BCUT2D eigenvalue weighted by Crippen LogP contribution is 2.17. The quantitative estimate of drug-likeness (QED) is 0.684. The maximum Gasteiger partial charge on any atom is 0.283 e. The lowest BCUT2D eigenvalue weighted by Crippen LogP contribution is -1.80. The molecule has 0 saturated heterocycles. The fourth-order valence-corrected chi connectivity index (χ4v) is 0.506. The third-order valence-corrected chi connectivity index (χ3v) is 0.957. The molecule has 5 heteroatoms. The summed E-state index contributed by atoms with van der Waals surface area (Å²) in [5.41, 5.74) is -0.441. The molecule has 0 fully saturated rings. The van der Waals surface area contributed by atoms with Crippen molar-refractivity contribution in [3.8, 4) is 0 Å². The van der Waals surface area contributed by atoms with Gasteiger partial charge < -0.3 is 9.63 Å². The van der Waals surface area contributed by atoms with Crippen molar-refractivity contribution >= 4 is 0 Å². The third-order valence-electron chi connectivity index (χ3n) is 0.957. The molecule has 1 heterocycles. The van der Waals surface area contributed by atoms with Crippen LogP contribution in [0.2, 0.25) is 0 Å². The largest absolute Gasteiger partial charge is 0.388 e. The summed E-state index contributed by atoms with van der Waals surface area (Å²) in [6.07, 6.45) is -2.64. The van der Waals surface area contributed by atoms with Crippen LogP contribution in [0.3, 0.4) is 0 Å². The summed E-state index contributed by atoms with van der Waals surface area (Å²) >= 11 is 0. The fraction of sp³-hybridized carbons (Fsp3) is 0.400. The number of halogens is 2. The van der Waals surface area contributed by atoms with Gasteiger partial charge in [-0.1, -0.05) is 5.16 Å². The van der Waals surface area contributed by atoms with E-state index >= 15 is 0 Å². The van der Waals surface area contributed by atoms with E-state index in [-0.39, 0.29) is 5.76 Å². The molecule has 0 atom stereocenters. The number of hydrogen-bond acceptors (Lipinski definition) is 3. The Labute approximate surface area is 55.3 Å². The Bertz CT molecular complexity index is 211. The molecule has 0 saturated carbocycles. The van der Waals surface area contributed by atoms with Gasteiger partial charge in [0, 0.05) is 6.07 Å². The molecular formula is C5H5F2NO2. The van der Waals surface area contributed by atoms with Gasteiger partial charge in [-0.2, -0.15) is 0 Å². The molecule has 1 rings (SSSR count). The van der Waals surface area contributed by atoms with Crippen LogP contribution in [0.15, 0.2) is 10.6 Å². The van der Waals surface area contributed by atoms with Crippen molar-refractivity contribution < 1.29 is 18.4 Å². The highest BCUT2D eigenvalue weighted by Gasteiger charge is 2.12. The average Bonchev–Trinajstić information content (AvgIpc) is 2.34. The zero-order valence-electron chi connectivity index (χ0n) is 4.92. The highest BCUT2D eigenvalue weighted by molar-refractivity contribution is 5.05. The molecule has 0 amide bonds. The van der Waals surface area contributed by atoms with E-state index in [0.717, 1.165) is 6.07 Å². The Balaban J connectivity index is 2.78. The van der Waals surface area contributed by atoms with Crippen LogP contribution in [0.4, 0.5) is 8.78 Å². The number of aliphatic hydroxyl groups is 1. The van der Waals surface area contributed by atoms with Crippen molar-refractivity contribution in [1.82, 2.24) is 5.16 Å². The zero-order valence-corrected chi connectivity index (χ0v) is 4.92. The van der Waals surface area contributed by atoms with Crippen molar-refractivity contribution in [2.45, 2.75) is 13.0 Å². The summed E-state index contributed by atoms with van der Waals surface area (Å²) in [6, 6.07) is 1.02. The molecule has 1 aromatic heterocycles. The van der Waals surface area contributed by atoms with Crippen molar-refractivity contribution in [3.05, 3.63) is 17.5 Å². The van der Waals surface area contributed by atoms with Crippen LogP contribution in [0.1, 0.15) is 17.9 Å². The maximum atomic E-state index is 11.7. The molecule has 0 aliphatic heterocycles. The first-order chi connectivity index (χ1) is 4.74. The molecule has 0 unspecified atom stereocenters. The second-order valence-corrected chi connectivity index (χ2v) is 1.68. The van der Waals surface area contributed by atoms with E-state index in [2.05, 4.69) is 9.68 Å². The van der Waals surface area contributed by atoms with E-state index in [9.17, 15) is 8.78 Å². The van der Waals surface area contributed by atoms with Gasteiger partial charge in [0.25, 0.3) is 6.43 Å². The predicted octanol–water partition coefficient (Wildman–Crippen LogP) is 1.10. The Morgan fingerprint density at radius 2 is 2.40 bits per heavy atom. The molecule has 0 aliphatic rings. The molecule has 0 radical (unpaired) electrons. The lowest BCUT2D eigenvalue weighted by molar-refractivity contribution is 0.139. The van der Waals surface area contributed by atoms with Crippen molar-refractivity contribution in [2.24, 2.45) is 0 Å². The molecule has 0 bridgehead atoms. The minimum atomic E-state index is -2.64. The highest BCUT2D eigenvalue weighted by atomic mass is 19.3. The third kappa shape index (κ3) is 1.30. The molecule has 56 valence electrons. The molecule has 3 nitrogen and oxygen atoms in total. The molecular weight excluding hydrogens is 144 g/mol. The van der Waals surface area contributed by atoms with Crippen LogP contribution in [0.5, 0.6) is 0 Å². The Hall–Kier alpha value is -0.970. The van der Waals surface area contributed by atoms with Gasteiger partial charge in [0.1, 0.15) is 12.3 Å². The van der Waals surface area contributed by atoms with Gasteiger partial charge in [-0.3, -0.25) is 0 Å². The van der Waals surface area contributed by atoms with E-state index < -0.39 is 18.7 Å². The van der Waals surface area contributed by atoms with Crippen LogP contribution in [-0.4, -0.2) is 10.3 Å². The molecule has 0 spiro atoms. The number of nitrogens with zero attached hydrogens (tertiary/aromatic N) is 1. The van der Waals surface area contributed by atoms with Crippen molar-refractivity contribution in [3.63, 3.8) is 0 Å². The van der Waals surface area contributed by atoms with Crippen LogP contribution >= 0.6 is 0 Å². The van der Waals surface area contributed by atoms with E-state index in [1.54, 1.807) is 0 Å². The topological polar surface area (TPSA) is 46.3 Å². The van der Waals surface area contributed by atoms with Gasteiger partial charge >= 0.3 is 0 Å². The Morgan fingerprint density at radius 3 is 2.70 bits per heavy atom. The van der Waals surface area contributed by atoms with Gasteiger partial charge in [0.2, 0.25) is 0 Å². The number of hydrogen-bond donors (Lipinski definition) is 1. The van der Waals surface area contributed by atoms with Gasteiger partial charge in [-0.05, 0) is 0 Å². The first-order valence-electron chi connectivity index (χ1n) is 2.58. The summed E-state index contributed by atoms with van der Waals surface area (Å²) in [5, 5.41) is 11.4. The molecule has 0 aliphatic carbocycles. The smallest absolute Gasteiger partial charge is 0.283 e. The van der Waals surface area contributed by atoms with Crippen molar-refractivity contribution in [1.29, 1.82) is 0 Å². The summed E-state index contributed by atoms with van der Waals surface area (Å²) in [4.78, 5) is 0. The SMILES string of the molecule is OCc1cc(C(F)F)no1. The lowest BCUT2D eigenvalue weighted by atomic mass is 10.4.